The molecule has 3 N–H and O–H groups in total. The average molecular weight is 250 g/mol. The number of hydrogen-bond acceptors (Lipinski definition) is 3. The summed E-state index contributed by atoms with van der Waals surface area (Å²) in [4.78, 5) is 0. The maximum atomic E-state index is 5.69. The number of nitrogens with zero attached hydrogens (tertiary/aromatic N) is 2. The van der Waals surface area contributed by atoms with E-state index in [0.29, 0.717) is 4.77 Å². The molecule has 0 fully saturated rings. The molecule has 5 heteroatoms. The van der Waals surface area contributed by atoms with Gasteiger partial charge in [-0.1, -0.05) is 13.8 Å². The van der Waals surface area contributed by atoms with E-state index in [4.69, 9.17) is 18.0 Å². The first kappa shape index (κ1) is 13.4. The van der Waals surface area contributed by atoms with Gasteiger partial charge in [0.1, 0.15) is 0 Å². The Kier molecular flexibility index (Phi) is 4.45. The van der Waals surface area contributed by atoms with Crippen molar-refractivity contribution >= 4 is 17.9 Å². The van der Waals surface area contributed by atoms with Gasteiger partial charge >= 0.3 is 0 Å². The van der Waals surface area contributed by atoms with Crippen molar-refractivity contribution in [2.45, 2.75) is 20.8 Å². The number of rotatable bonds is 1. The molecule has 1 heterocycles. The van der Waals surface area contributed by atoms with E-state index in [-0.39, 0.29) is 0 Å². The summed E-state index contributed by atoms with van der Waals surface area (Å²) in [5, 5.41) is 6.94. The largest absolute Gasteiger partial charge is 0.399 e. The molecule has 0 amide bonds. The number of aromatic amines is 1. The van der Waals surface area contributed by atoms with E-state index in [2.05, 4.69) is 10.2 Å². The van der Waals surface area contributed by atoms with Gasteiger partial charge in [0, 0.05) is 18.3 Å². The number of hydrogen-bond donors (Lipinski definition) is 2. The van der Waals surface area contributed by atoms with Gasteiger partial charge in [-0.15, -0.1) is 0 Å². The first-order chi connectivity index (χ1) is 8.09. The molecule has 0 spiro atoms. The van der Waals surface area contributed by atoms with Crippen LogP contribution in [0.3, 0.4) is 0 Å². The normalized spacial score (nSPS) is 9.65. The Bertz CT molecular complexity index is 554. The van der Waals surface area contributed by atoms with Gasteiger partial charge in [-0.05, 0) is 42.9 Å². The van der Waals surface area contributed by atoms with Crippen molar-refractivity contribution in [1.29, 1.82) is 0 Å². The molecule has 2 aromatic rings. The smallest absolute Gasteiger partial charge is 0.195 e. The zero-order chi connectivity index (χ0) is 13.0. The van der Waals surface area contributed by atoms with Gasteiger partial charge in [0.25, 0.3) is 0 Å². The first-order valence-corrected chi connectivity index (χ1v) is 5.98. The minimum absolute atomic E-state index is 0.612. The van der Waals surface area contributed by atoms with Crippen molar-refractivity contribution < 1.29 is 0 Å². The van der Waals surface area contributed by atoms with Gasteiger partial charge in [0.15, 0.2) is 10.6 Å². The van der Waals surface area contributed by atoms with Crippen molar-refractivity contribution in [2.24, 2.45) is 7.05 Å². The molecular formula is C12H18N4S. The van der Waals surface area contributed by atoms with Crippen molar-refractivity contribution in [3.05, 3.63) is 28.5 Å². The lowest BCUT2D eigenvalue weighted by molar-refractivity contribution is 0.901. The molecule has 1 aromatic carbocycles. The van der Waals surface area contributed by atoms with Crippen LogP contribution in [0.4, 0.5) is 5.69 Å². The number of nitrogens with one attached hydrogen (secondary N) is 1. The summed E-state index contributed by atoms with van der Waals surface area (Å²) in [6.45, 7) is 6.00. The van der Waals surface area contributed by atoms with Crippen LogP contribution in [0.5, 0.6) is 0 Å². The lowest BCUT2D eigenvalue weighted by atomic mass is 10.1. The zero-order valence-electron chi connectivity index (χ0n) is 10.6. The van der Waals surface area contributed by atoms with Crippen LogP contribution in [0, 0.1) is 11.7 Å². The van der Waals surface area contributed by atoms with Gasteiger partial charge in [0.2, 0.25) is 0 Å². The molecule has 92 valence electrons. The number of benzene rings is 1. The Morgan fingerprint density at radius 1 is 1.35 bits per heavy atom. The quantitative estimate of drug-likeness (QED) is 0.604. The second-order valence-corrected chi connectivity index (χ2v) is 3.87. The summed E-state index contributed by atoms with van der Waals surface area (Å²) in [5.74, 6) is 0.831. The van der Waals surface area contributed by atoms with Crippen LogP contribution in [0.15, 0.2) is 18.2 Å². The highest BCUT2D eigenvalue weighted by Crippen LogP contribution is 2.22. The summed E-state index contributed by atoms with van der Waals surface area (Å²) >= 11 is 5.06. The third-order valence-electron chi connectivity index (χ3n) is 2.37. The van der Waals surface area contributed by atoms with Crippen LogP contribution in [0.2, 0.25) is 0 Å². The van der Waals surface area contributed by atoms with E-state index in [0.717, 1.165) is 22.6 Å². The topological polar surface area (TPSA) is 59.6 Å². The molecule has 17 heavy (non-hydrogen) atoms. The second-order valence-electron chi connectivity index (χ2n) is 3.49. The highest BCUT2D eigenvalue weighted by molar-refractivity contribution is 7.71. The van der Waals surface area contributed by atoms with Gasteiger partial charge in [0.05, 0.1) is 0 Å². The molecule has 1 aromatic heterocycles. The maximum absolute atomic E-state index is 5.69. The fraction of sp³-hybridized carbons (Fsp3) is 0.333. The summed E-state index contributed by atoms with van der Waals surface area (Å²) in [5.41, 5.74) is 8.58. The molecule has 0 unspecified atom stereocenters. The van der Waals surface area contributed by atoms with E-state index >= 15 is 0 Å². The van der Waals surface area contributed by atoms with Crippen LogP contribution < -0.4 is 5.73 Å². The molecule has 0 radical (unpaired) electrons. The minimum Gasteiger partial charge on any atom is -0.399 e. The Morgan fingerprint density at radius 3 is 2.47 bits per heavy atom. The third-order valence-corrected chi connectivity index (χ3v) is 2.74. The van der Waals surface area contributed by atoms with Crippen LogP contribution in [-0.4, -0.2) is 14.8 Å². The van der Waals surface area contributed by atoms with E-state index in [9.17, 15) is 0 Å². The summed E-state index contributed by atoms with van der Waals surface area (Å²) in [6, 6.07) is 5.74. The fourth-order valence-electron chi connectivity index (χ4n) is 1.53. The molecule has 0 aliphatic carbocycles. The number of aryl methyl sites for hydroxylation is 1. The molecule has 0 bridgehead atoms. The van der Waals surface area contributed by atoms with Crippen molar-refractivity contribution in [3.63, 3.8) is 0 Å². The Morgan fingerprint density at radius 2 is 2.00 bits per heavy atom. The van der Waals surface area contributed by atoms with Crippen molar-refractivity contribution in [1.82, 2.24) is 14.8 Å². The van der Waals surface area contributed by atoms with E-state index in [1.807, 2.05) is 50.6 Å². The minimum atomic E-state index is 0.612. The summed E-state index contributed by atoms with van der Waals surface area (Å²) < 4.78 is 2.45. The maximum Gasteiger partial charge on any atom is 0.195 e. The van der Waals surface area contributed by atoms with Crippen LogP contribution >= 0.6 is 12.2 Å². The molecule has 0 saturated carbocycles. The fourth-order valence-corrected chi connectivity index (χ4v) is 1.66. The Labute approximate surface area is 106 Å². The van der Waals surface area contributed by atoms with Crippen molar-refractivity contribution in [3.8, 4) is 11.4 Å². The molecule has 0 aliphatic heterocycles. The van der Waals surface area contributed by atoms with Crippen LogP contribution in [0.1, 0.15) is 19.4 Å². The van der Waals surface area contributed by atoms with Gasteiger partial charge in [-0.25, -0.2) is 0 Å². The number of aromatic nitrogens is 3. The predicted molar refractivity (Wildman–Crippen MR) is 74.3 cm³/mol. The van der Waals surface area contributed by atoms with E-state index < -0.39 is 0 Å². The van der Waals surface area contributed by atoms with Crippen molar-refractivity contribution in [2.75, 3.05) is 5.73 Å². The van der Waals surface area contributed by atoms with E-state index in [1.165, 1.54) is 0 Å². The van der Waals surface area contributed by atoms with Gasteiger partial charge < -0.3 is 10.3 Å². The molecular weight excluding hydrogens is 232 g/mol. The number of nitrogen functional groups attached to an aromatic ring is 1. The lowest BCUT2D eigenvalue weighted by Crippen LogP contribution is -1.95. The highest BCUT2D eigenvalue weighted by atomic mass is 32.1. The molecule has 4 nitrogen and oxygen atoms in total. The van der Waals surface area contributed by atoms with Crippen LogP contribution in [-0.2, 0) is 7.05 Å². The monoisotopic (exact) mass is 250 g/mol. The molecule has 0 saturated heterocycles. The van der Waals surface area contributed by atoms with E-state index in [1.54, 1.807) is 0 Å². The molecule has 0 atom stereocenters. The first-order valence-electron chi connectivity index (χ1n) is 5.57. The van der Waals surface area contributed by atoms with Crippen LogP contribution in [0.25, 0.3) is 11.4 Å². The SMILES string of the molecule is CC.Cc1cc(N)ccc1-c1n[nH]c(=S)n1C. The number of H-pyrrole nitrogens is 1. The molecule has 2 rings (SSSR count). The Hall–Kier alpha value is -1.62. The zero-order valence-corrected chi connectivity index (χ0v) is 11.4. The lowest BCUT2D eigenvalue weighted by Gasteiger charge is -2.05. The average Bonchev–Trinajstić information content (AvgIpc) is 2.63. The predicted octanol–water partition coefficient (Wildman–Crippen LogP) is 3.06. The number of nitrogens with two attached hydrogens (primary N) is 1. The summed E-state index contributed by atoms with van der Waals surface area (Å²) in [7, 11) is 1.89. The standard InChI is InChI=1S/C10H12N4S.C2H6/c1-6-5-7(11)3-4-8(6)9-12-13-10(15)14(9)2;1-2/h3-5H,11H2,1-2H3,(H,13,15);1-2H3. The van der Waals surface area contributed by atoms with Gasteiger partial charge in [-0.2, -0.15) is 5.10 Å². The highest BCUT2D eigenvalue weighted by Gasteiger charge is 2.08. The number of anilines is 1. The Balaban J connectivity index is 0.000000686. The summed E-state index contributed by atoms with van der Waals surface area (Å²) in [6.07, 6.45) is 0. The second kappa shape index (κ2) is 5.63. The van der Waals surface area contributed by atoms with Gasteiger partial charge in [-0.3, -0.25) is 5.10 Å². The molecule has 0 aliphatic rings. The third kappa shape index (κ3) is 2.74.